The number of aromatic hydroxyl groups is 4. The molecule has 0 aliphatic rings. The number of phenols is 4. The summed E-state index contributed by atoms with van der Waals surface area (Å²) in [6.07, 6.45) is 0. The smallest absolute Gasteiger partial charge is 0.120 e. The second-order valence-electron chi connectivity index (χ2n) is 13.0. The van der Waals surface area contributed by atoms with Gasteiger partial charge in [-0.05, 0) is 81.9 Å². The second kappa shape index (κ2) is 18.0. The summed E-state index contributed by atoms with van der Waals surface area (Å²) in [4.78, 5) is 0. The van der Waals surface area contributed by atoms with E-state index in [2.05, 4.69) is 57.7 Å². The Morgan fingerprint density at radius 2 is 0.519 bits per heavy atom. The molecule has 0 aliphatic heterocycles. The zero-order valence-corrected chi connectivity index (χ0v) is 29.1. The molecule has 0 aliphatic carbocycles. The van der Waals surface area contributed by atoms with Crippen molar-refractivity contribution < 1.29 is 20.4 Å². The summed E-state index contributed by atoms with van der Waals surface area (Å²) in [5.41, 5.74) is 9.94. The van der Waals surface area contributed by atoms with Crippen LogP contribution in [0.1, 0.15) is 44.5 Å². The van der Waals surface area contributed by atoms with E-state index in [9.17, 15) is 20.4 Å². The van der Waals surface area contributed by atoms with Gasteiger partial charge >= 0.3 is 0 Å². The fourth-order valence-corrected chi connectivity index (χ4v) is 6.27. The molecule has 0 heterocycles. The Kier molecular flexibility index (Phi) is 12.5. The number of nitrogens with one attached hydrogen (secondary N) is 4. The molecule has 0 saturated heterocycles. The number of benzene rings is 6. The monoisotopic (exact) mass is 694 g/mol. The summed E-state index contributed by atoms with van der Waals surface area (Å²) in [7, 11) is 0. The van der Waals surface area contributed by atoms with Crippen LogP contribution in [0.15, 0.2) is 133 Å². The maximum Gasteiger partial charge on any atom is 0.120 e. The van der Waals surface area contributed by atoms with Crippen molar-refractivity contribution in [2.24, 2.45) is 0 Å². The minimum absolute atomic E-state index is 0.273. The van der Waals surface area contributed by atoms with Crippen molar-refractivity contribution in [3.8, 4) is 34.1 Å². The van der Waals surface area contributed by atoms with Crippen LogP contribution in [-0.2, 0) is 52.4 Å². The summed E-state index contributed by atoms with van der Waals surface area (Å²) in [5, 5.41) is 55.1. The van der Waals surface area contributed by atoms with Gasteiger partial charge in [-0.1, -0.05) is 84.9 Å². The fourth-order valence-electron chi connectivity index (χ4n) is 6.27. The van der Waals surface area contributed by atoms with Gasteiger partial charge in [-0.3, -0.25) is 0 Å². The van der Waals surface area contributed by atoms with E-state index in [0.717, 1.165) is 55.6 Å². The number of phenolic OH excluding ortho intramolecular Hbond substituents is 4. The quantitative estimate of drug-likeness (QED) is 0.0499. The summed E-state index contributed by atoms with van der Waals surface area (Å²) < 4.78 is 0. The predicted molar refractivity (Wildman–Crippen MR) is 206 cm³/mol. The van der Waals surface area contributed by atoms with Gasteiger partial charge < -0.3 is 41.7 Å². The zero-order chi connectivity index (χ0) is 36.1. The van der Waals surface area contributed by atoms with Gasteiger partial charge in [-0.25, -0.2) is 0 Å². The van der Waals surface area contributed by atoms with Gasteiger partial charge in [-0.15, -0.1) is 0 Å². The molecule has 0 amide bonds. The van der Waals surface area contributed by atoms with Gasteiger partial charge in [-0.2, -0.15) is 0 Å². The lowest BCUT2D eigenvalue weighted by atomic mass is 9.95. The van der Waals surface area contributed by atoms with E-state index in [0.29, 0.717) is 52.4 Å². The predicted octanol–water partition coefficient (Wildman–Crippen LogP) is 7.34. The van der Waals surface area contributed by atoms with E-state index in [1.807, 2.05) is 72.8 Å². The zero-order valence-electron chi connectivity index (χ0n) is 29.1. The van der Waals surface area contributed by atoms with Gasteiger partial charge in [0.05, 0.1) is 0 Å². The maximum atomic E-state index is 10.3. The first-order chi connectivity index (χ1) is 25.4. The molecule has 8 nitrogen and oxygen atoms in total. The molecule has 0 spiro atoms. The average Bonchev–Trinajstić information content (AvgIpc) is 3.15. The molecule has 266 valence electrons. The standard InChI is InChI=1S/C44H46N4O4/c49-41-13-5-1-9-35(41)27-45-23-31-17-32(24-46-28-36-10-2-6-14-42(36)50)20-39(19-31)40-21-33(25-47-29-37-11-3-7-15-43(37)51)18-34(22-40)26-48-30-38-12-4-8-16-44(38)52/h1-22,45-52H,23-30H2. The Balaban J connectivity index is 1.26. The van der Waals surface area contributed by atoms with Crippen LogP contribution in [0.3, 0.4) is 0 Å². The number of rotatable bonds is 17. The first kappa shape index (κ1) is 36.2. The Labute approximate surface area is 305 Å². The average molecular weight is 695 g/mol. The van der Waals surface area contributed by atoms with Gasteiger partial charge in [0, 0.05) is 74.6 Å². The number of para-hydroxylation sites is 4. The molecule has 52 heavy (non-hydrogen) atoms. The summed E-state index contributed by atoms with van der Waals surface area (Å²) in [6.45, 7) is 4.53. The van der Waals surface area contributed by atoms with E-state index >= 15 is 0 Å². The molecule has 0 radical (unpaired) electrons. The second-order valence-corrected chi connectivity index (χ2v) is 13.0. The van der Waals surface area contributed by atoms with Crippen LogP contribution in [0.25, 0.3) is 11.1 Å². The largest absolute Gasteiger partial charge is 0.508 e. The van der Waals surface area contributed by atoms with Gasteiger partial charge in [0.1, 0.15) is 23.0 Å². The van der Waals surface area contributed by atoms with Gasteiger partial charge in [0.15, 0.2) is 0 Å². The first-order valence-electron chi connectivity index (χ1n) is 17.6. The highest BCUT2D eigenvalue weighted by molar-refractivity contribution is 5.67. The van der Waals surface area contributed by atoms with Crippen LogP contribution < -0.4 is 21.3 Å². The molecule has 0 saturated carbocycles. The summed E-state index contributed by atoms with van der Waals surface area (Å²) >= 11 is 0. The molecule has 0 unspecified atom stereocenters. The Bertz CT molecular complexity index is 1790. The van der Waals surface area contributed by atoms with E-state index < -0.39 is 0 Å². The van der Waals surface area contributed by atoms with Crippen molar-refractivity contribution in [3.05, 3.63) is 178 Å². The number of hydrogen-bond acceptors (Lipinski definition) is 8. The molecular formula is C44H46N4O4. The van der Waals surface area contributed by atoms with Crippen LogP contribution in [0.2, 0.25) is 0 Å². The van der Waals surface area contributed by atoms with Crippen LogP contribution in [0.4, 0.5) is 0 Å². The molecule has 0 fully saturated rings. The van der Waals surface area contributed by atoms with Crippen molar-refractivity contribution >= 4 is 0 Å². The van der Waals surface area contributed by atoms with Crippen LogP contribution in [-0.4, -0.2) is 20.4 Å². The summed E-state index contributed by atoms with van der Waals surface area (Å²) in [5.74, 6) is 1.09. The van der Waals surface area contributed by atoms with Crippen molar-refractivity contribution in [3.63, 3.8) is 0 Å². The molecule has 0 aromatic heterocycles. The van der Waals surface area contributed by atoms with Crippen molar-refractivity contribution in [2.45, 2.75) is 52.4 Å². The molecule has 8 heteroatoms. The van der Waals surface area contributed by atoms with E-state index in [1.54, 1.807) is 24.3 Å². The lowest BCUT2D eigenvalue weighted by Crippen LogP contribution is -2.16. The molecule has 6 aromatic rings. The molecule has 8 N–H and O–H groups in total. The molecule has 6 rings (SSSR count). The van der Waals surface area contributed by atoms with Crippen molar-refractivity contribution in [2.75, 3.05) is 0 Å². The molecule has 0 bridgehead atoms. The number of hydrogen-bond donors (Lipinski definition) is 8. The van der Waals surface area contributed by atoms with E-state index in [4.69, 9.17) is 0 Å². The van der Waals surface area contributed by atoms with E-state index in [-0.39, 0.29) is 23.0 Å². The third kappa shape index (κ3) is 10.2. The van der Waals surface area contributed by atoms with Crippen LogP contribution in [0.5, 0.6) is 23.0 Å². The Morgan fingerprint density at radius 1 is 0.288 bits per heavy atom. The first-order valence-corrected chi connectivity index (χ1v) is 17.6. The maximum absolute atomic E-state index is 10.3. The normalized spacial score (nSPS) is 11.2. The highest BCUT2D eigenvalue weighted by Crippen LogP contribution is 2.27. The topological polar surface area (TPSA) is 129 Å². The van der Waals surface area contributed by atoms with Gasteiger partial charge in [0.25, 0.3) is 0 Å². The van der Waals surface area contributed by atoms with Crippen molar-refractivity contribution in [1.29, 1.82) is 0 Å². The highest BCUT2D eigenvalue weighted by atomic mass is 16.3. The summed E-state index contributed by atoms with van der Waals surface area (Å²) in [6, 6.07) is 42.6. The third-order valence-corrected chi connectivity index (χ3v) is 8.98. The minimum Gasteiger partial charge on any atom is -0.508 e. The van der Waals surface area contributed by atoms with Gasteiger partial charge in [0.2, 0.25) is 0 Å². The van der Waals surface area contributed by atoms with Crippen LogP contribution in [0, 0.1) is 0 Å². The van der Waals surface area contributed by atoms with Crippen LogP contribution >= 0.6 is 0 Å². The fraction of sp³-hybridized carbons (Fsp3) is 0.182. The molecule has 6 aromatic carbocycles. The van der Waals surface area contributed by atoms with Crippen molar-refractivity contribution in [1.82, 2.24) is 21.3 Å². The third-order valence-electron chi connectivity index (χ3n) is 8.98. The van der Waals surface area contributed by atoms with E-state index in [1.165, 1.54) is 0 Å². The highest BCUT2D eigenvalue weighted by Gasteiger charge is 2.10. The Morgan fingerprint density at radius 3 is 0.750 bits per heavy atom. The molecular weight excluding hydrogens is 649 g/mol. The Hall–Kier alpha value is -5.64. The lowest BCUT2D eigenvalue weighted by molar-refractivity contribution is 0.463. The minimum atomic E-state index is 0.273. The SMILES string of the molecule is Oc1ccccc1CNCc1cc(CNCc2ccccc2O)cc(-c2cc(CNCc3ccccc3O)cc(CNCc3ccccc3O)c2)c1. The lowest BCUT2D eigenvalue weighted by Gasteiger charge is -2.16. The molecule has 0 atom stereocenters.